The molecule has 33 heavy (non-hydrogen) atoms. The summed E-state index contributed by atoms with van der Waals surface area (Å²) in [6.07, 6.45) is 3.42. The van der Waals surface area contributed by atoms with Crippen molar-refractivity contribution >= 4 is 49.8 Å². The number of aromatic amines is 1. The first-order chi connectivity index (χ1) is 15.8. The van der Waals surface area contributed by atoms with Crippen LogP contribution in [0.25, 0.3) is 10.9 Å². The summed E-state index contributed by atoms with van der Waals surface area (Å²) in [5, 5.41) is 13.7. The first-order valence-corrected chi connectivity index (χ1v) is 12.4. The highest BCUT2D eigenvalue weighted by Gasteiger charge is 2.72. The van der Waals surface area contributed by atoms with Gasteiger partial charge >= 0.3 is 0 Å². The number of anilines is 2. The molecule has 1 saturated heterocycles. The molecule has 1 aliphatic carbocycles. The first kappa shape index (κ1) is 21.8. The molecule has 2 heterocycles. The number of H-pyrrole nitrogens is 1. The minimum absolute atomic E-state index is 0.0162. The van der Waals surface area contributed by atoms with E-state index >= 15 is 0 Å². The predicted octanol–water partition coefficient (Wildman–Crippen LogP) is 4.27. The molecule has 170 valence electrons. The largest absolute Gasteiger partial charge is 0.381 e. The van der Waals surface area contributed by atoms with Gasteiger partial charge in [0.2, 0.25) is 5.91 Å². The van der Waals surface area contributed by atoms with Gasteiger partial charge < -0.3 is 15.0 Å². The number of carbonyl (C=O) groups excluding carboxylic acids is 1. The van der Waals surface area contributed by atoms with Crippen molar-refractivity contribution < 1.29 is 17.9 Å². The molecule has 0 radical (unpaired) electrons. The number of amides is 1. The normalized spacial score (nSPS) is 21.5. The molecule has 8 nitrogen and oxygen atoms in total. The molecule has 1 spiro atoms. The van der Waals surface area contributed by atoms with E-state index in [2.05, 4.69) is 21.1 Å². The first-order valence-electron chi connectivity index (χ1n) is 10.5. The van der Waals surface area contributed by atoms with Gasteiger partial charge in [0, 0.05) is 35.9 Å². The number of nitriles is 1. The van der Waals surface area contributed by atoms with Crippen LogP contribution in [0.4, 0.5) is 11.4 Å². The highest BCUT2D eigenvalue weighted by Crippen LogP contribution is 2.69. The smallest absolute Gasteiger partial charge is 0.262 e. The van der Waals surface area contributed by atoms with Gasteiger partial charge in [0.25, 0.3) is 10.0 Å². The number of nitrogens with one attached hydrogen (secondary N) is 3. The van der Waals surface area contributed by atoms with E-state index in [9.17, 15) is 18.5 Å². The fraction of sp³-hybridized carbons (Fsp3) is 0.304. The van der Waals surface area contributed by atoms with Crippen molar-refractivity contribution in [2.75, 3.05) is 23.3 Å². The lowest BCUT2D eigenvalue weighted by Gasteiger charge is -2.25. The molecule has 1 atom stereocenters. The molecule has 2 fully saturated rings. The predicted molar refractivity (Wildman–Crippen MR) is 124 cm³/mol. The summed E-state index contributed by atoms with van der Waals surface area (Å²) in [4.78, 5) is 16.0. The highest BCUT2D eigenvalue weighted by atomic mass is 35.5. The van der Waals surface area contributed by atoms with Crippen LogP contribution in [-0.2, 0) is 19.6 Å². The van der Waals surface area contributed by atoms with Crippen LogP contribution in [-0.4, -0.2) is 32.5 Å². The molecule has 2 aromatic carbocycles. The van der Waals surface area contributed by atoms with E-state index in [4.69, 9.17) is 16.3 Å². The van der Waals surface area contributed by atoms with Gasteiger partial charge in [0.1, 0.15) is 5.41 Å². The molecule has 1 amide bonds. The van der Waals surface area contributed by atoms with Crippen molar-refractivity contribution in [3.63, 3.8) is 0 Å². The van der Waals surface area contributed by atoms with Crippen molar-refractivity contribution in [2.24, 2.45) is 10.8 Å². The monoisotopic (exact) mass is 484 g/mol. The summed E-state index contributed by atoms with van der Waals surface area (Å²) in [5.74, 6) is -0.403. The number of para-hydroxylation sites is 1. The Morgan fingerprint density at radius 3 is 2.70 bits per heavy atom. The molecule has 1 unspecified atom stereocenters. The number of fused-ring (bicyclic) bond motifs is 1. The van der Waals surface area contributed by atoms with E-state index in [1.54, 1.807) is 36.5 Å². The van der Waals surface area contributed by atoms with E-state index in [-0.39, 0.29) is 10.3 Å². The van der Waals surface area contributed by atoms with Gasteiger partial charge in [-0.15, -0.1) is 0 Å². The van der Waals surface area contributed by atoms with E-state index in [0.29, 0.717) is 59.8 Å². The number of rotatable bonds is 5. The fourth-order valence-electron chi connectivity index (χ4n) is 4.75. The van der Waals surface area contributed by atoms with Crippen LogP contribution < -0.4 is 10.0 Å². The third-order valence-corrected chi connectivity index (χ3v) is 8.40. The highest BCUT2D eigenvalue weighted by molar-refractivity contribution is 7.92. The van der Waals surface area contributed by atoms with Crippen LogP contribution in [0.2, 0.25) is 5.02 Å². The average molecular weight is 485 g/mol. The van der Waals surface area contributed by atoms with Crippen LogP contribution in [0.15, 0.2) is 53.6 Å². The summed E-state index contributed by atoms with van der Waals surface area (Å²) in [5.41, 5.74) is -0.218. The summed E-state index contributed by atoms with van der Waals surface area (Å²) in [7, 11) is -3.95. The van der Waals surface area contributed by atoms with E-state index < -0.39 is 21.3 Å². The minimum Gasteiger partial charge on any atom is -0.381 e. The maximum Gasteiger partial charge on any atom is 0.262 e. The van der Waals surface area contributed by atoms with Gasteiger partial charge in [-0.25, -0.2) is 8.42 Å². The lowest BCUT2D eigenvalue weighted by Crippen LogP contribution is -2.32. The molecule has 3 N–H and O–H groups in total. The third kappa shape index (κ3) is 3.55. The number of hydrogen-bond acceptors (Lipinski definition) is 5. The third-order valence-electron chi connectivity index (χ3n) is 6.72. The standard InChI is InChI=1S/C23H21ClN4O4S/c24-18-12-26-20-17(18)5-2-6-19(20)28-33(30,31)16-4-1-3-15(11-16)27-21(29)23(14-25)13-22(23)7-9-32-10-8-22/h1-6,11-12,26,28H,7-10,13H2,(H,27,29). The lowest BCUT2D eigenvalue weighted by atomic mass is 9.86. The second-order valence-electron chi connectivity index (χ2n) is 8.54. The molecule has 1 aliphatic heterocycles. The van der Waals surface area contributed by atoms with Crippen LogP contribution in [0.3, 0.4) is 0 Å². The Morgan fingerprint density at radius 1 is 1.18 bits per heavy atom. The molecule has 0 bridgehead atoms. The zero-order chi connectivity index (χ0) is 23.3. The molecule has 2 aliphatic rings. The summed E-state index contributed by atoms with van der Waals surface area (Å²) in [6.45, 7) is 1.07. The van der Waals surface area contributed by atoms with Gasteiger partial charge in [-0.2, -0.15) is 5.26 Å². The van der Waals surface area contributed by atoms with E-state index in [0.717, 1.165) is 0 Å². The number of nitrogens with zero attached hydrogens (tertiary/aromatic N) is 1. The minimum atomic E-state index is -3.95. The Balaban J connectivity index is 1.38. The zero-order valence-electron chi connectivity index (χ0n) is 17.5. The Labute approximate surface area is 195 Å². The second-order valence-corrected chi connectivity index (χ2v) is 10.6. The van der Waals surface area contributed by atoms with Crippen molar-refractivity contribution in [3.05, 3.63) is 53.7 Å². The molecule has 1 aromatic heterocycles. The number of sulfonamides is 1. The number of halogens is 1. The Morgan fingerprint density at radius 2 is 1.94 bits per heavy atom. The van der Waals surface area contributed by atoms with Crippen molar-refractivity contribution in [1.29, 1.82) is 5.26 Å². The number of carbonyl (C=O) groups is 1. The molecular weight excluding hydrogens is 464 g/mol. The zero-order valence-corrected chi connectivity index (χ0v) is 19.1. The fourth-order valence-corrected chi connectivity index (χ4v) is 6.08. The SMILES string of the molecule is N#CC1(C(=O)Nc2cccc(S(=O)(=O)Nc3cccc4c(Cl)c[nH]c34)c2)CC12CCOCC2. The van der Waals surface area contributed by atoms with Crippen LogP contribution >= 0.6 is 11.6 Å². The molecule has 5 rings (SSSR count). The molecular formula is C23H21ClN4O4S. The maximum atomic E-state index is 13.1. The van der Waals surface area contributed by atoms with Gasteiger partial charge in [-0.05, 0) is 43.5 Å². The summed E-state index contributed by atoms with van der Waals surface area (Å²) >= 11 is 6.13. The molecule has 3 aromatic rings. The van der Waals surface area contributed by atoms with E-state index in [1.807, 2.05) is 0 Å². The van der Waals surface area contributed by atoms with Crippen molar-refractivity contribution in [3.8, 4) is 6.07 Å². The van der Waals surface area contributed by atoms with E-state index in [1.165, 1.54) is 12.1 Å². The van der Waals surface area contributed by atoms with Crippen molar-refractivity contribution in [2.45, 2.75) is 24.2 Å². The number of benzene rings is 2. The summed E-state index contributed by atoms with van der Waals surface area (Å²) in [6, 6.07) is 13.3. The summed E-state index contributed by atoms with van der Waals surface area (Å²) < 4.78 is 34.1. The maximum absolute atomic E-state index is 13.1. The van der Waals surface area contributed by atoms with Crippen LogP contribution in [0, 0.1) is 22.2 Å². The van der Waals surface area contributed by atoms with Gasteiger partial charge in [0.05, 0.1) is 27.2 Å². The Hall–Kier alpha value is -3.06. The quantitative estimate of drug-likeness (QED) is 0.498. The number of ether oxygens (including phenoxy) is 1. The topological polar surface area (TPSA) is 124 Å². The lowest BCUT2D eigenvalue weighted by molar-refractivity contribution is -0.121. The Bertz CT molecular complexity index is 1410. The van der Waals surface area contributed by atoms with Gasteiger partial charge in [0.15, 0.2) is 0 Å². The average Bonchev–Trinajstić information content (AvgIpc) is 3.27. The Kier molecular flexibility index (Phi) is 5.12. The number of aromatic nitrogens is 1. The van der Waals surface area contributed by atoms with Gasteiger partial charge in [-0.1, -0.05) is 29.8 Å². The molecule has 10 heteroatoms. The van der Waals surface area contributed by atoms with Crippen LogP contribution in [0.5, 0.6) is 0 Å². The second kappa shape index (κ2) is 7.76. The van der Waals surface area contributed by atoms with Crippen LogP contribution in [0.1, 0.15) is 19.3 Å². The molecule has 1 saturated carbocycles. The van der Waals surface area contributed by atoms with Gasteiger partial charge in [-0.3, -0.25) is 9.52 Å². The number of hydrogen-bond donors (Lipinski definition) is 3. The van der Waals surface area contributed by atoms with Crippen molar-refractivity contribution in [1.82, 2.24) is 4.98 Å².